The maximum absolute atomic E-state index is 14.1. The van der Waals surface area contributed by atoms with Crippen LogP contribution in [-0.4, -0.2) is 30.3 Å². The van der Waals surface area contributed by atoms with Crippen molar-refractivity contribution in [3.8, 4) is 0 Å². The van der Waals surface area contributed by atoms with Gasteiger partial charge in [-0.05, 0) is 48.6 Å². The van der Waals surface area contributed by atoms with Crippen molar-refractivity contribution < 1.29 is 27.2 Å². The quantitative estimate of drug-likeness (QED) is 0.567. The largest absolute Gasteiger partial charge is 0.492 e. The molecule has 0 aliphatic carbocycles. The van der Waals surface area contributed by atoms with E-state index in [1.54, 1.807) is 12.1 Å². The Morgan fingerprint density at radius 2 is 1.79 bits per heavy atom. The van der Waals surface area contributed by atoms with Crippen molar-refractivity contribution in [2.24, 2.45) is 0 Å². The molecule has 0 atom stereocenters. The zero-order chi connectivity index (χ0) is 20.3. The molecule has 2 aromatic carbocycles. The molecule has 0 bridgehead atoms. The van der Waals surface area contributed by atoms with Crippen LogP contribution in [0.3, 0.4) is 0 Å². The number of hydrogen-bond donors (Lipinski definition) is 0. The van der Waals surface area contributed by atoms with E-state index in [-0.39, 0.29) is 19.0 Å². The SMILES string of the molecule is O=C(ON1CCC(c2ccccc2Sc2ccc(Cl)cc2F)CC1)C(F)(F)F. The van der Waals surface area contributed by atoms with Crippen molar-refractivity contribution in [1.82, 2.24) is 5.06 Å². The number of benzene rings is 2. The Morgan fingerprint density at radius 1 is 1.11 bits per heavy atom. The summed E-state index contributed by atoms with van der Waals surface area (Å²) in [7, 11) is 0. The maximum atomic E-state index is 14.1. The third-order valence-corrected chi connectivity index (χ3v) is 5.75. The van der Waals surface area contributed by atoms with Gasteiger partial charge in [0.25, 0.3) is 0 Å². The van der Waals surface area contributed by atoms with Gasteiger partial charge in [0.15, 0.2) is 0 Å². The van der Waals surface area contributed by atoms with Crippen molar-refractivity contribution in [2.75, 3.05) is 13.1 Å². The predicted molar refractivity (Wildman–Crippen MR) is 97.7 cm³/mol. The number of halogens is 5. The Morgan fingerprint density at radius 3 is 2.43 bits per heavy atom. The van der Waals surface area contributed by atoms with E-state index in [0.717, 1.165) is 15.5 Å². The summed E-state index contributed by atoms with van der Waals surface area (Å²) >= 11 is 7.07. The van der Waals surface area contributed by atoms with Gasteiger partial charge < -0.3 is 4.84 Å². The Kier molecular flexibility index (Phi) is 6.52. The number of carbonyl (C=O) groups is 1. The van der Waals surface area contributed by atoms with Crippen LogP contribution in [0.15, 0.2) is 52.3 Å². The molecule has 0 unspecified atom stereocenters. The number of piperidine rings is 1. The summed E-state index contributed by atoms with van der Waals surface area (Å²) in [6.45, 7) is 0.390. The maximum Gasteiger partial charge on any atom is 0.492 e. The normalized spacial score (nSPS) is 16.2. The van der Waals surface area contributed by atoms with Crippen LogP contribution >= 0.6 is 23.4 Å². The first-order valence-corrected chi connectivity index (χ1v) is 9.69. The molecule has 3 nitrogen and oxygen atoms in total. The molecule has 3 rings (SSSR count). The van der Waals surface area contributed by atoms with Crippen molar-refractivity contribution >= 4 is 29.3 Å². The van der Waals surface area contributed by atoms with Gasteiger partial charge in [0.05, 0.1) is 0 Å². The minimum Gasteiger partial charge on any atom is -0.361 e. The number of alkyl halides is 3. The standard InChI is InChI=1S/C19H16ClF4NO2S/c20-13-5-6-17(15(21)11-13)28-16-4-2-1-3-14(16)12-7-9-25(10-8-12)27-18(26)19(22,23)24/h1-6,11-12H,7-10H2. The van der Waals surface area contributed by atoms with Crippen LogP contribution in [0, 0.1) is 5.82 Å². The highest BCUT2D eigenvalue weighted by atomic mass is 35.5. The van der Waals surface area contributed by atoms with Crippen LogP contribution in [-0.2, 0) is 9.63 Å². The number of hydrogen-bond acceptors (Lipinski definition) is 4. The molecule has 1 heterocycles. The van der Waals surface area contributed by atoms with Crippen LogP contribution in [0.5, 0.6) is 0 Å². The number of hydroxylamine groups is 2. The van der Waals surface area contributed by atoms with E-state index in [9.17, 15) is 22.4 Å². The molecule has 1 saturated heterocycles. The Hall–Kier alpha value is -1.77. The lowest BCUT2D eigenvalue weighted by Crippen LogP contribution is -2.39. The summed E-state index contributed by atoms with van der Waals surface area (Å²) in [5.41, 5.74) is 0.989. The number of nitrogens with zero attached hydrogens (tertiary/aromatic N) is 1. The van der Waals surface area contributed by atoms with Gasteiger partial charge in [0.2, 0.25) is 0 Å². The van der Waals surface area contributed by atoms with Crippen molar-refractivity contribution in [3.63, 3.8) is 0 Å². The average Bonchev–Trinajstić information content (AvgIpc) is 2.64. The van der Waals surface area contributed by atoms with Crippen molar-refractivity contribution in [2.45, 2.75) is 34.7 Å². The summed E-state index contributed by atoms with van der Waals surface area (Å²) in [6, 6.07) is 12.0. The second kappa shape index (κ2) is 8.71. The number of rotatable bonds is 4. The van der Waals surface area contributed by atoms with Gasteiger partial charge in [-0.2, -0.15) is 13.2 Å². The fourth-order valence-corrected chi connectivity index (χ4v) is 4.20. The van der Waals surface area contributed by atoms with Gasteiger partial charge in [-0.1, -0.05) is 41.6 Å². The molecule has 150 valence electrons. The second-order valence-corrected chi connectivity index (χ2v) is 7.81. The predicted octanol–water partition coefficient (Wildman–Crippen LogP) is 5.83. The smallest absolute Gasteiger partial charge is 0.361 e. The van der Waals surface area contributed by atoms with Gasteiger partial charge >= 0.3 is 12.1 Å². The summed E-state index contributed by atoms with van der Waals surface area (Å²) in [4.78, 5) is 16.7. The van der Waals surface area contributed by atoms with Gasteiger partial charge in [-0.15, -0.1) is 5.06 Å². The molecule has 0 N–H and O–H groups in total. The van der Waals surface area contributed by atoms with E-state index in [2.05, 4.69) is 4.84 Å². The molecule has 1 aliphatic rings. The third kappa shape index (κ3) is 5.18. The van der Waals surface area contributed by atoms with Crippen molar-refractivity contribution in [3.05, 3.63) is 58.9 Å². The molecule has 9 heteroatoms. The lowest BCUT2D eigenvalue weighted by atomic mass is 9.90. The van der Waals surface area contributed by atoms with E-state index >= 15 is 0 Å². The first kappa shape index (κ1) is 21.0. The van der Waals surface area contributed by atoms with E-state index in [0.29, 0.717) is 22.8 Å². The molecule has 1 fully saturated rings. The Labute approximate surface area is 168 Å². The lowest BCUT2D eigenvalue weighted by Gasteiger charge is -2.31. The minimum absolute atomic E-state index is 0.0694. The van der Waals surface area contributed by atoms with E-state index in [4.69, 9.17) is 11.6 Å². The second-order valence-electron chi connectivity index (χ2n) is 6.29. The van der Waals surface area contributed by atoms with Gasteiger partial charge in [0.1, 0.15) is 5.82 Å². The topological polar surface area (TPSA) is 29.5 Å². The van der Waals surface area contributed by atoms with E-state index in [1.807, 2.05) is 24.3 Å². The van der Waals surface area contributed by atoms with Crippen LogP contribution in [0.4, 0.5) is 17.6 Å². The fraction of sp³-hybridized carbons (Fsp3) is 0.316. The average molecular weight is 434 g/mol. The molecule has 0 amide bonds. The van der Waals surface area contributed by atoms with E-state index in [1.165, 1.54) is 17.8 Å². The first-order valence-electron chi connectivity index (χ1n) is 8.50. The number of carbonyl (C=O) groups excluding carboxylic acids is 1. The summed E-state index contributed by atoms with van der Waals surface area (Å²) in [6.07, 6.45) is -3.97. The monoisotopic (exact) mass is 433 g/mol. The summed E-state index contributed by atoms with van der Waals surface area (Å²) < 4.78 is 51.1. The highest BCUT2D eigenvalue weighted by molar-refractivity contribution is 7.99. The molecule has 0 spiro atoms. The van der Waals surface area contributed by atoms with Gasteiger partial charge in [-0.3, -0.25) is 0 Å². The third-order valence-electron chi connectivity index (χ3n) is 4.37. The molecule has 0 radical (unpaired) electrons. The fourth-order valence-electron chi connectivity index (χ4n) is 3.01. The summed E-state index contributed by atoms with van der Waals surface area (Å²) in [5.74, 6) is -2.55. The minimum atomic E-state index is -5.01. The van der Waals surface area contributed by atoms with E-state index < -0.39 is 18.0 Å². The van der Waals surface area contributed by atoms with Gasteiger partial charge in [0, 0.05) is 27.9 Å². The summed E-state index contributed by atoms with van der Waals surface area (Å²) in [5, 5.41) is 1.36. The molecular formula is C19H16ClF4NO2S. The first-order chi connectivity index (χ1) is 13.2. The van der Waals surface area contributed by atoms with Crippen LogP contribution < -0.4 is 0 Å². The molecule has 28 heavy (non-hydrogen) atoms. The molecule has 0 aromatic heterocycles. The lowest BCUT2D eigenvalue weighted by molar-refractivity contribution is -0.241. The molecule has 1 aliphatic heterocycles. The molecular weight excluding hydrogens is 418 g/mol. The molecule has 2 aromatic rings. The Bertz CT molecular complexity index is 854. The molecule has 0 saturated carbocycles. The van der Waals surface area contributed by atoms with Crippen LogP contribution in [0.2, 0.25) is 5.02 Å². The van der Waals surface area contributed by atoms with Gasteiger partial charge in [-0.25, -0.2) is 9.18 Å². The Balaban J connectivity index is 1.68. The van der Waals surface area contributed by atoms with Crippen LogP contribution in [0.1, 0.15) is 24.3 Å². The highest BCUT2D eigenvalue weighted by Crippen LogP contribution is 2.39. The highest BCUT2D eigenvalue weighted by Gasteiger charge is 2.43. The van der Waals surface area contributed by atoms with Crippen molar-refractivity contribution in [1.29, 1.82) is 0 Å². The zero-order valence-corrected chi connectivity index (χ0v) is 16.1. The zero-order valence-electron chi connectivity index (χ0n) is 14.5. The van der Waals surface area contributed by atoms with Crippen LogP contribution in [0.25, 0.3) is 0 Å².